The van der Waals surface area contributed by atoms with Crippen molar-refractivity contribution in [2.24, 2.45) is 0 Å². The van der Waals surface area contributed by atoms with Crippen molar-refractivity contribution in [3.8, 4) is 0 Å². The molecule has 1 aromatic carbocycles. The number of thioether (sulfide) groups is 1. The van der Waals surface area contributed by atoms with Crippen molar-refractivity contribution in [3.05, 3.63) is 27.7 Å². The average molecular weight is 358 g/mol. The summed E-state index contributed by atoms with van der Waals surface area (Å²) in [7, 11) is -3.75. The summed E-state index contributed by atoms with van der Waals surface area (Å²) in [6, 6.07) is 2.74. The van der Waals surface area contributed by atoms with Crippen LogP contribution in [0.4, 0.5) is 0 Å². The summed E-state index contributed by atoms with van der Waals surface area (Å²) in [6.07, 6.45) is 1.91. The van der Waals surface area contributed by atoms with Crippen molar-refractivity contribution in [1.29, 1.82) is 0 Å². The first kappa shape index (κ1) is 18.1. The lowest BCUT2D eigenvalue weighted by Gasteiger charge is -2.22. The smallest absolute Gasteiger partial charge is 0.242 e. The molecule has 0 spiro atoms. The van der Waals surface area contributed by atoms with Crippen LogP contribution in [0.5, 0.6) is 0 Å². The molecule has 0 bridgehead atoms. The fraction of sp³-hybridized carbons (Fsp3) is 0.500. The molecular weight excluding hydrogens is 341 g/mol. The van der Waals surface area contributed by atoms with Gasteiger partial charge < -0.3 is 5.11 Å². The molecular formula is C12H17Cl2NO3S2. The van der Waals surface area contributed by atoms with Gasteiger partial charge in [-0.15, -0.1) is 0 Å². The molecule has 0 aliphatic carbocycles. The van der Waals surface area contributed by atoms with Crippen LogP contribution >= 0.6 is 35.0 Å². The SMILES string of the molecule is CSC(C)(C)CNS(=O)(=O)c1ccc(Cl)c(CO)c1Cl. The highest BCUT2D eigenvalue weighted by Crippen LogP contribution is 2.31. The zero-order valence-corrected chi connectivity index (χ0v) is 14.5. The van der Waals surface area contributed by atoms with Crippen molar-refractivity contribution >= 4 is 45.0 Å². The van der Waals surface area contributed by atoms with E-state index in [4.69, 9.17) is 23.2 Å². The number of sulfonamides is 1. The monoisotopic (exact) mass is 357 g/mol. The van der Waals surface area contributed by atoms with Crippen LogP contribution in [0.1, 0.15) is 19.4 Å². The van der Waals surface area contributed by atoms with Crippen LogP contribution in [0.25, 0.3) is 0 Å². The second kappa shape index (κ2) is 6.85. The zero-order chi connectivity index (χ0) is 15.6. The van der Waals surface area contributed by atoms with E-state index in [1.807, 2.05) is 20.1 Å². The van der Waals surface area contributed by atoms with Crippen molar-refractivity contribution in [2.75, 3.05) is 12.8 Å². The summed E-state index contributed by atoms with van der Waals surface area (Å²) in [4.78, 5) is -0.0791. The van der Waals surface area contributed by atoms with E-state index in [1.165, 1.54) is 12.1 Å². The first-order valence-corrected chi connectivity index (χ1v) is 9.23. The van der Waals surface area contributed by atoms with Gasteiger partial charge >= 0.3 is 0 Å². The van der Waals surface area contributed by atoms with Gasteiger partial charge in [0.1, 0.15) is 4.90 Å². The molecule has 114 valence electrons. The van der Waals surface area contributed by atoms with E-state index in [-0.39, 0.29) is 31.8 Å². The van der Waals surface area contributed by atoms with Crippen LogP contribution in [0, 0.1) is 0 Å². The van der Waals surface area contributed by atoms with E-state index in [0.717, 1.165) is 0 Å². The molecule has 0 unspecified atom stereocenters. The number of aliphatic hydroxyl groups excluding tert-OH is 1. The second-order valence-electron chi connectivity index (χ2n) is 4.78. The minimum absolute atomic E-state index is 0.0468. The Morgan fingerprint density at radius 1 is 1.35 bits per heavy atom. The van der Waals surface area contributed by atoms with Crippen molar-refractivity contribution in [2.45, 2.75) is 30.1 Å². The van der Waals surface area contributed by atoms with Gasteiger partial charge in [-0.25, -0.2) is 13.1 Å². The second-order valence-corrected chi connectivity index (χ2v) is 8.82. The molecule has 0 aliphatic heterocycles. The van der Waals surface area contributed by atoms with E-state index < -0.39 is 16.6 Å². The third-order valence-corrected chi connectivity index (χ3v) is 6.43. The Kier molecular flexibility index (Phi) is 6.19. The van der Waals surface area contributed by atoms with Crippen molar-refractivity contribution in [3.63, 3.8) is 0 Å². The van der Waals surface area contributed by atoms with Gasteiger partial charge in [0, 0.05) is 21.9 Å². The summed E-state index contributed by atoms with van der Waals surface area (Å²) >= 11 is 13.4. The molecule has 1 aromatic rings. The maximum absolute atomic E-state index is 12.3. The number of hydrogen-bond acceptors (Lipinski definition) is 4. The number of rotatable bonds is 6. The highest BCUT2D eigenvalue weighted by Gasteiger charge is 2.24. The number of nitrogens with one attached hydrogen (secondary N) is 1. The first-order valence-electron chi connectivity index (χ1n) is 5.77. The van der Waals surface area contributed by atoms with E-state index in [9.17, 15) is 13.5 Å². The minimum atomic E-state index is -3.75. The lowest BCUT2D eigenvalue weighted by molar-refractivity contribution is 0.281. The number of halogens is 2. The molecule has 2 N–H and O–H groups in total. The normalized spacial score (nSPS) is 12.7. The van der Waals surface area contributed by atoms with E-state index in [1.54, 1.807) is 11.8 Å². The first-order chi connectivity index (χ1) is 9.14. The number of aliphatic hydroxyl groups is 1. The molecule has 0 aromatic heterocycles. The summed E-state index contributed by atoms with van der Waals surface area (Å²) in [5, 5.41) is 9.39. The van der Waals surface area contributed by atoms with E-state index in [2.05, 4.69) is 4.72 Å². The third-order valence-electron chi connectivity index (χ3n) is 2.84. The summed E-state index contributed by atoms with van der Waals surface area (Å²) in [6.45, 7) is 3.72. The number of benzene rings is 1. The van der Waals surface area contributed by atoms with Gasteiger partial charge in [0.2, 0.25) is 10.0 Å². The Labute approximate surface area is 133 Å². The minimum Gasteiger partial charge on any atom is -0.392 e. The average Bonchev–Trinajstić information content (AvgIpc) is 2.37. The molecule has 0 saturated heterocycles. The Morgan fingerprint density at radius 2 is 1.95 bits per heavy atom. The van der Waals surface area contributed by atoms with Crippen LogP contribution < -0.4 is 4.72 Å². The highest BCUT2D eigenvalue weighted by atomic mass is 35.5. The van der Waals surface area contributed by atoms with Crippen LogP contribution in [0.15, 0.2) is 17.0 Å². The molecule has 0 radical (unpaired) electrons. The summed E-state index contributed by atoms with van der Waals surface area (Å²) in [5.41, 5.74) is 0.209. The molecule has 0 fully saturated rings. The molecule has 1 rings (SSSR count). The molecule has 4 nitrogen and oxygen atoms in total. The predicted octanol–water partition coefficient (Wildman–Crippen LogP) is 2.91. The largest absolute Gasteiger partial charge is 0.392 e. The standard InChI is InChI=1S/C12H17Cl2NO3S2/c1-12(2,19-3)7-15-20(17,18)10-5-4-9(13)8(6-16)11(10)14/h4-5,15-16H,6-7H2,1-3H3. The zero-order valence-electron chi connectivity index (χ0n) is 11.4. The molecule has 0 aliphatic rings. The van der Waals surface area contributed by atoms with Gasteiger partial charge in [0.25, 0.3) is 0 Å². The topological polar surface area (TPSA) is 66.4 Å². The maximum Gasteiger partial charge on any atom is 0.242 e. The molecule has 20 heavy (non-hydrogen) atoms. The van der Waals surface area contributed by atoms with Crippen LogP contribution in [0.2, 0.25) is 10.0 Å². The quantitative estimate of drug-likeness (QED) is 0.821. The van der Waals surface area contributed by atoms with Crippen LogP contribution in [0.3, 0.4) is 0 Å². The fourth-order valence-electron chi connectivity index (χ4n) is 1.35. The van der Waals surface area contributed by atoms with Crippen LogP contribution in [-0.2, 0) is 16.6 Å². The van der Waals surface area contributed by atoms with Gasteiger partial charge in [-0.05, 0) is 32.2 Å². The molecule has 0 heterocycles. The van der Waals surface area contributed by atoms with Gasteiger partial charge in [-0.3, -0.25) is 0 Å². The summed E-state index contributed by atoms with van der Waals surface area (Å²) in [5.74, 6) is 0. The molecule has 0 saturated carbocycles. The fourth-order valence-corrected chi connectivity index (χ4v) is 3.76. The Bertz CT molecular complexity index is 589. The molecule has 8 heteroatoms. The Balaban J connectivity index is 3.11. The van der Waals surface area contributed by atoms with E-state index in [0.29, 0.717) is 0 Å². The van der Waals surface area contributed by atoms with Crippen molar-refractivity contribution < 1.29 is 13.5 Å². The molecule has 0 amide bonds. The van der Waals surface area contributed by atoms with Crippen molar-refractivity contribution in [1.82, 2.24) is 4.72 Å². The third kappa shape index (κ3) is 4.26. The Hall–Kier alpha value is 0.0200. The van der Waals surface area contributed by atoms with E-state index >= 15 is 0 Å². The van der Waals surface area contributed by atoms with Crippen LogP contribution in [-0.4, -0.2) is 31.1 Å². The predicted molar refractivity (Wildman–Crippen MR) is 85.2 cm³/mol. The number of hydrogen-bond donors (Lipinski definition) is 2. The van der Waals surface area contributed by atoms with Gasteiger partial charge in [-0.1, -0.05) is 23.2 Å². The highest BCUT2D eigenvalue weighted by molar-refractivity contribution is 8.00. The summed E-state index contributed by atoms with van der Waals surface area (Å²) < 4.78 is 26.8. The Morgan fingerprint density at radius 3 is 2.45 bits per heavy atom. The lowest BCUT2D eigenvalue weighted by Crippen LogP contribution is -2.36. The van der Waals surface area contributed by atoms with Gasteiger partial charge in [-0.2, -0.15) is 11.8 Å². The lowest BCUT2D eigenvalue weighted by atomic mass is 10.2. The molecule has 0 atom stereocenters. The van der Waals surface area contributed by atoms with Gasteiger partial charge in [0.15, 0.2) is 0 Å². The maximum atomic E-state index is 12.3. The van der Waals surface area contributed by atoms with Gasteiger partial charge in [0.05, 0.1) is 11.6 Å².